The first-order valence-corrected chi connectivity index (χ1v) is 6.69. The molecule has 0 heterocycles. The molecule has 0 aromatic heterocycles. The number of hydrogen-bond acceptors (Lipinski definition) is 2. The molecule has 0 unspecified atom stereocenters. The fourth-order valence-corrected chi connectivity index (χ4v) is 2.42. The maximum Gasteiger partial charge on any atom is 0.335 e. The molecule has 0 bridgehead atoms. The molecule has 1 aromatic carbocycles. The Morgan fingerprint density at radius 3 is 2.61 bits per heavy atom. The first-order chi connectivity index (χ1) is 8.75. The average Bonchev–Trinajstić information content (AvgIpc) is 2.65. The van der Waals surface area contributed by atoms with Crippen LogP contribution in [0, 0.1) is 0 Å². The highest BCUT2D eigenvalue weighted by molar-refractivity contribution is 5.87. The minimum atomic E-state index is -0.883. The Bertz CT molecular complexity index is 392. The lowest BCUT2D eigenvalue weighted by Crippen LogP contribution is -2.11. The lowest BCUT2D eigenvalue weighted by molar-refractivity contribution is 0.0309. The van der Waals surface area contributed by atoms with Crippen LogP contribution in [0.3, 0.4) is 0 Å². The predicted molar refractivity (Wildman–Crippen MR) is 69.7 cm³/mol. The van der Waals surface area contributed by atoms with Crippen molar-refractivity contribution >= 4 is 5.97 Å². The number of carbonyl (C=O) groups is 1. The molecule has 18 heavy (non-hydrogen) atoms. The number of ether oxygens (including phenoxy) is 1. The molecule has 1 saturated carbocycles. The van der Waals surface area contributed by atoms with E-state index in [0.29, 0.717) is 18.3 Å². The highest BCUT2D eigenvalue weighted by Crippen LogP contribution is 2.21. The molecule has 0 spiro atoms. The van der Waals surface area contributed by atoms with Crippen LogP contribution in [0.1, 0.15) is 54.4 Å². The van der Waals surface area contributed by atoms with Crippen LogP contribution in [0.25, 0.3) is 0 Å². The van der Waals surface area contributed by atoms with Crippen molar-refractivity contribution in [2.75, 3.05) is 0 Å². The van der Waals surface area contributed by atoms with E-state index in [0.717, 1.165) is 18.4 Å². The molecular weight excluding hydrogens is 228 g/mol. The molecule has 1 fully saturated rings. The van der Waals surface area contributed by atoms with Crippen molar-refractivity contribution in [1.82, 2.24) is 0 Å². The number of aromatic carboxylic acids is 1. The number of carboxylic acids is 1. The summed E-state index contributed by atoms with van der Waals surface area (Å²) in [7, 11) is 0. The van der Waals surface area contributed by atoms with Gasteiger partial charge in [0.2, 0.25) is 0 Å². The van der Waals surface area contributed by atoms with Crippen molar-refractivity contribution in [3.63, 3.8) is 0 Å². The summed E-state index contributed by atoms with van der Waals surface area (Å²) in [5.74, 6) is -0.883. The number of hydrogen-bond donors (Lipinski definition) is 1. The van der Waals surface area contributed by atoms with Gasteiger partial charge in [-0.1, -0.05) is 37.8 Å². The zero-order chi connectivity index (χ0) is 12.8. The van der Waals surface area contributed by atoms with Crippen molar-refractivity contribution < 1.29 is 14.6 Å². The van der Waals surface area contributed by atoms with Crippen LogP contribution in [-0.2, 0) is 11.3 Å². The van der Waals surface area contributed by atoms with Crippen molar-refractivity contribution in [2.24, 2.45) is 0 Å². The van der Waals surface area contributed by atoms with Gasteiger partial charge in [-0.15, -0.1) is 0 Å². The van der Waals surface area contributed by atoms with Crippen LogP contribution in [0.2, 0.25) is 0 Å². The maximum atomic E-state index is 10.9. The lowest BCUT2D eigenvalue weighted by atomic mass is 10.1. The van der Waals surface area contributed by atoms with Crippen molar-refractivity contribution in [1.29, 1.82) is 0 Å². The van der Waals surface area contributed by atoms with Crippen LogP contribution in [0.5, 0.6) is 0 Å². The van der Waals surface area contributed by atoms with Gasteiger partial charge in [-0.2, -0.15) is 0 Å². The number of rotatable bonds is 4. The summed E-state index contributed by atoms with van der Waals surface area (Å²) in [4.78, 5) is 10.9. The van der Waals surface area contributed by atoms with E-state index in [2.05, 4.69) is 0 Å². The Balaban J connectivity index is 1.88. The fraction of sp³-hybridized carbons (Fsp3) is 0.533. The standard InChI is InChI=1S/C15H20O3/c16-15(17)13-7-5-6-12(10-13)11-18-14-8-3-1-2-4-9-14/h5-7,10,14H,1-4,8-9,11H2,(H,16,17). The Kier molecular flexibility index (Phi) is 4.76. The van der Waals surface area contributed by atoms with Gasteiger partial charge in [0.05, 0.1) is 18.3 Å². The van der Waals surface area contributed by atoms with Crippen molar-refractivity contribution in [3.05, 3.63) is 35.4 Å². The Morgan fingerprint density at radius 2 is 1.94 bits per heavy atom. The van der Waals surface area contributed by atoms with Crippen LogP contribution >= 0.6 is 0 Å². The summed E-state index contributed by atoms with van der Waals surface area (Å²) in [6.07, 6.45) is 7.75. The second-order valence-electron chi connectivity index (χ2n) is 4.93. The van der Waals surface area contributed by atoms with Crippen LogP contribution < -0.4 is 0 Å². The second-order valence-corrected chi connectivity index (χ2v) is 4.93. The van der Waals surface area contributed by atoms with Crippen molar-refractivity contribution in [2.45, 2.75) is 51.2 Å². The molecular formula is C15H20O3. The van der Waals surface area contributed by atoms with E-state index < -0.39 is 5.97 Å². The smallest absolute Gasteiger partial charge is 0.335 e. The molecule has 3 heteroatoms. The van der Waals surface area contributed by atoms with Gasteiger partial charge < -0.3 is 9.84 Å². The van der Waals surface area contributed by atoms with Crippen LogP contribution in [0.15, 0.2) is 24.3 Å². The molecule has 1 N–H and O–H groups in total. The summed E-state index contributed by atoms with van der Waals surface area (Å²) in [5.41, 5.74) is 1.27. The van der Waals surface area contributed by atoms with Crippen LogP contribution in [0.4, 0.5) is 0 Å². The SMILES string of the molecule is O=C(O)c1cccc(COC2CCCCCC2)c1. The maximum absolute atomic E-state index is 10.9. The third-order valence-electron chi connectivity index (χ3n) is 3.46. The molecule has 98 valence electrons. The molecule has 1 aliphatic carbocycles. The Morgan fingerprint density at radius 1 is 1.22 bits per heavy atom. The zero-order valence-corrected chi connectivity index (χ0v) is 10.6. The van der Waals surface area contributed by atoms with Gasteiger partial charge in [0.15, 0.2) is 0 Å². The first kappa shape index (κ1) is 13.1. The van der Waals surface area contributed by atoms with Gasteiger partial charge in [-0.25, -0.2) is 4.79 Å². The largest absolute Gasteiger partial charge is 0.478 e. The number of benzene rings is 1. The van der Waals surface area contributed by atoms with E-state index in [1.165, 1.54) is 25.7 Å². The van der Waals surface area contributed by atoms with Gasteiger partial charge in [-0.05, 0) is 30.5 Å². The lowest BCUT2D eigenvalue weighted by Gasteiger charge is -2.15. The molecule has 1 aliphatic rings. The third kappa shape index (κ3) is 3.84. The normalized spacial score (nSPS) is 17.3. The zero-order valence-electron chi connectivity index (χ0n) is 10.6. The quantitative estimate of drug-likeness (QED) is 0.828. The van der Waals surface area contributed by atoms with Gasteiger partial charge in [0, 0.05) is 0 Å². The molecule has 0 amide bonds. The molecule has 2 rings (SSSR count). The monoisotopic (exact) mass is 248 g/mol. The van der Waals surface area contributed by atoms with Gasteiger partial charge in [-0.3, -0.25) is 0 Å². The highest BCUT2D eigenvalue weighted by Gasteiger charge is 2.12. The molecule has 0 saturated heterocycles. The van der Waals surface area contributed by atoms with E-state index in [-0.39, 0.29) is 0 Å². The van der Waals surface area contributed by atoms with E-state index in [1.54, 1.807) is 18.2 Å². The fourth-order valence-electron chi connectivity index (χ4n) is 2.42. The van der Waals surface area contributed by atoms with E-state index in [9.17, 15) is 4.79 Å². The summed E-state index contributed by atoms with van der Waals surface area (Å²) in [6.45, 7) is 0.520. The van der Waals surface area contributed by atoms with E-state index >= 15 is 0 Å². The molecule has 0 radical (unpaired) electrons. The molecule has 1 aromatic rings. The predicted octanol–water partition coefficient (Wildman–Crippen LogP) is 3.62. The molecule has 3 nitrogen and oxygen atoms in total. The van der Waals surface area contributed by atoms with Crippen molar-refractivity contribution in [3.8, 4) is 0 Å². The minimum absolute atomic E-state index is 0.331. The summed E-state index contributed by atoms with van der Waals surface area (Å²) < 4.78 is 5.89. The Hall–Kier alpha value is -1.35. The average molecular weight is 248 g/mol. The second kappa shape index (κ2) is 6.55. The van der Waals surface area contributed by atoms with Gasteiger partial charge in [0.25, 0.3) is 0 Å². The minimum Gasteiger partial charge on any atom is -0.478 e. The molecule has 0 atom stereocenters. The van der Waals surface area contributed by atoms with Gasteiger partial charge >= 0.3 is 5.97 Å². The molecule has 0 aliphatic heterocycles. The van der Waals surface area contributed by atoms with Gasteiger partial charge in [0.1, 0.15) is 0 Å². The summed E-state index contributed by atoms with van der Waals surface area (Å²) in [6, 6.07) is 6.99. The van der Waals surface area contributed by atoms with Crippen LogP contribution in [-0.4, -0.2) is 17.2 Å². The first-order valence-electron chi connectivity index (χ1n) is 6.69. The van der Waals surface area contributed by atoms with E-state index in [4.69, 9.17) is 9.84 Å². The summed E-state index contributed by atoms with van der Waals surface area (Å²) >= 11 is 0. The summed E-state index contributed by atoms with van der Waals surface area (Å²) in [5, 5.41) is 8.92. The Labute approximate surface area is 108 Å². The van der Waals surface area contributed by atoms with E-state index in [1.807, 2.05) is 6.07 Å². The number of carboxylic acid groups (broad SMARTS) is 1. The third-order valence-corrected chi connectivity index (χ3v) is 3.46. The highest BCUT2D eigenvalue weighted by atomic mass is 16.5. The topological polar surface area (TPSA) is 46.5 Å².